The molecule has 0 aromatic heterocycles. The van der Waals surface area contributed by atoms with Gasteiger partial charge in [0.25, 0.3) is 0 Å². The molecule has 1 aliphatic carbocycles. The summed E-state index contributed by atoms with van der Waals surface area (Å²) in [4.78, 5) is 8.80. The first-order valence-corrected chi connectivity index (χ1v) is 14.1. The van der Waals surface area contributed by atoms with E-state index < -0.39 is 0 Å². The highest BCUT2D eigenvalue weighted by atomic mass is 16.5. The van der Waals surface area contributed by atoms with Crippen LogP contribution in [0.4, 0.5) is 0 Å². The lowest BCUT2D eigenvalue weighted by molar-refractivity contribution is 0.0798. The molecule has 0 amide bonds. The third-order valence-corrected chi connectivity index (χ3v) is 7.96. The van der Waals surface area contributed by atoms with Crippen molar-refractivity contribution in [3.05, 3.63) is 58.9 Å². The summed E-state index contributed by atoms with van der Waals surface area (Å²) in [6.45, 7) is 9.95. The van der Waals surface area contributed by atoms with Gasteiger partial charge in [-0.1, -0.05) is 25.5 Å². The second-order valence-electron chi connectivity index (χ2n) is 10.4. The number of hydrogen-bond donors (Lipinski definition) is 3. The number of nitriles is 1. The smallest absolute Gasteiger partial charge is 0.131 e. The number of allylic oxidation sites excluding steroid dienone is 4. The van der Waals surface area contributed by atoms with Gasteiger partial charge < -0.3 is 25.2 Å². The van der Waals surface area contributed by atoms with E-state index in [1.165, 1.54) is 5.57 Å². The molecule has 1 unspecified atom stereocenters. The van der Waals surface area contributed by atoms with Gasteiger partial charge in [0.15, 0.2) is 0 Å². The van der Waals surface area contributed by atoms with E-state index in [1.54, 1.807) is 6.20 Å². The summed E-state index contributed by atoms with van der Waals surface area (Å²) in [5.41, 5.74) is 5.54. The Balaban J connectivity index is 1.65. The van der Waals surface area contributed by atoms with Crippen molar-refractivity contribution in [2.75, 3.05) is 39.9 Å². The molecule has 3 aliphatic heterocycles. The van der Waals surface area contributed by atoms with Gasteiger partial charge in [-0.25, -0.2) is 0 Å². The zero-order valence-electron chi connectivity index (χ0n) is 23.4. The van der Waals surface area contributed by atoms with Crippen LogP contribution in [0.2, 0.25) is 0 Å². The maximum atomic E-state index is 10.1. The van der Waals surface area contributed by atoms with Crippen molar-refractivity contribution in [3.63, 3.8) is 0 Å². The van der Waals surface area contributed by atoms with E-state index in [0.29, 0.717) is 36.1 Å². The quantitative estimate of drug-likeness (QED) is 0.249. The van der Waals surface area contributed by atoms with Gasteiger partial charge in [0.1, 0.15) is 5.84 Å². The third-order valence-electron chi connectivity index (χ3n) is 7.96. The molecule has 1 atom stereocenters. The summed E-state index contributed by atoms with van der Waals surface area (Å²) in [6.07, 6.45) is 17.7. The van der Waals surface area contributed by atoms with Gasteiger partial charge in [0, 0.05) is 87.0 Å². The Bertz CT molecular complexity index is 1200. The molecular formula is C31H41N7O. The van der Waals surface area contributed by atoms with Gasteiger partial charge in [-0.15, -0.1) is 6.42 Å². The first-order valence-electron chi connectivity index (χ1n) is 14.1. The Morgan fingerprint density at radius 3 is 2.82 bits per heavy atom. The standard InChI is InChI=1S/C31H41N7O/c1-5-7-13-35-28(6-2)26-18-23-9-8-14-38(30(23)19-24(26)20-32)31(33)27-21-37(22(3)34-4)15-10-29(27)36-25-11-16-39-17-12-25/h2,7,13,19,25-26,33-34,36H,3,5,8-12,14-18,21H2,1,4H3/b13-7-,33-31?,35-28+. The van der Waals surface area contributed by atoms with Crippen molar-refractivity contribution in [2.24, 2.45) is 10.9 Å². The maximum absolute atomic E-state index is 10.1. The molecule has 1 fully saturated rings. The van der Waals surface area contributed by atoms with Crippen LogP contribution in [0.3, 0.4) is 0 Å². The molecule has 0 saturated carbocycles. The van der Waals surface area contributed by atoms with Crippen molar-refractivity contribution in [1.29, 1.82) is 10.7 Å². The highest BCUT2D eigenvalue weighted by Gasteiger charge is 2.34. The van der Waals surface area contributed by atoms with E-state index in [1.807, 2.05) is 26.1 Å². The summed E-state index contributed by atoms with van der Waals surface area (Å²) in [5.74, 6) is 3.86. The topological polar surface area (TPSA) is 99.8 Å². The van der Waals surface area contributed by atoms with Crippen LogP contribution in [-0.4, -0.2) is 67.3 Å². The zero-order chi connectivity index (χ0) is 27.8. The molecule has 3 N–H and O–H groups in total. The fraction of sp³-hybridized carbons (Fsp3) is 0.516. The Hall–Kier alpha value is -3.75. The van der Waals surface area contributed by atoms with Gasteiger partial charge in [-0.05, 0) is 50.2 Å². The molecule has 0 aromatic carbocycles. The van der Waals surface area contributed by atoms with Crippen molar-refractivity contribution in [2.45, 2.75) is 57.9 Å². The molecule has 3 heterocycles. The van der Waals surface area contributed by atoms with Gasteiger partial charge >= 0.3 is 0 Å². The van der Waals surface area contributed by atoms with Crippen LogP contribution in [0.1, 0.15) is 51.9 Å². The second kappa shape index (κ2) is 13.4. The lowest BCUT2D eigenvalue weighted by Gasteiger charge is -2.40. The predicted molar refractivity (Wildman–Crippen MR) is 157 cm³/mol. The molecule has 0 spiro atoms. The van der Waals surface area contributed by atoms with E-state index in [9.17, 15) is 10.7 Å². The van der Waals surface area contributed by atoms with Gasteiger partial charge in [-0.2, -0.15) is 5.26 Å². The van der Waals surface area contributed by atoms with Crippen LogP contribution in [-0.2, 0) is 4.74 Å². The predicted octanol–water partition coefficient (Wildman–Crippen LogP) is 4.20. The van der Waals surface area contributed by atoms with Crippen LogP contribution < -0.4 is 10.6 Å². The molecule has 0 aromatic rings. The molecule has 39 heavy (non-hydrogen) atoms. The lowest BCUT2D eigenvalue weighted by atomic mass is 9.80. The minimum absolute atomic E-state index is 0.219. The van der Waals surface area contributed by atoms with Gasteiger partial charge in [0.05, 0.1) is 17.6 Å². The highest BCUT2D eigenvalue weighted by molar-refractivity contribution is 6.05. The summed E-state index contributed by atoms with van der Waals surface area (Å²) in [6, 6.07) is 2.75. The Morgan fingerprint density at radius 1 is 1.33 bits per heavy atom. The fourth-order valence-corrected chi connectivity index (χ4v) is 5.71. The Kier molecular flexibility index (Phi) is 9.68. The number of rotatable bonds is 8. The third kappa shape index (κ3) is 6.46. The van der Waals surface area contributed by atoms with Crippen LogP contribution in [0.15, 0.2) is 63.9 Å². The van der Waals surface area contributed by atoms with Crippen LogP contribution in [0, 0.1) is 35.0 Å². The molecule has 0 radical (unpaired) electrons. The minimum atomic E-state index is -0.219. The number of aliphatic imine (C=N–C) groups is 1. The Morgan fingerprint density at radius 2 is 2.13 bits per heavy atom. The highest BCUT2D eigenvalue weighted by Crippen LogP contribution is 2.38. The summed E-state index contributed by atoms with van der Waals surface area (Å²) in [7, 11) is 1.88. The van der Waals surface area contributed by atoms with Crippen molar-refractivity contribution >= 4 is 11.5 Å². The average Bonchev–Trinajstić information content (AvgIpc) is 2.98. The number of amidine groups is 1. The van der Waals surface area contributed by atoms with Crippen molar-refractivity contribution in [3.8, 4) is 18.4 Å². The number of hydrogen-bond acceptors (Lipinski definition) is 7. The summed E-state index contributed by atoms with van der Waals surface area (Å²) < 4.78 is 5.56. The SMILES string of the molecule is C#C/C(=N\C=C/CC)C1CC2=C(C=C1C#N)N(C(=N)C1=C(NC3CCOCC3)CCN(C(=C)NC)C1)CCC2. The van der Waals surface area contributed by atoms with Crippen molar-refractivity contribution < 1.29 is 4.74 Å². The number of nitrogens with one attached hydrogen (secondary N) is 3. The number of nitrogens with zero attached hydrogens (tertiary/aromatic N) is 4. The van der Waals surface area contributed by atoms with Crippen LogP contribution in [0.5, 0.6) is 0 Å². The second-order valence-corrected chi connectivity index (χ2v) is 10.4. The largest absolute Gasteiger partial charge is 0.385 e. The molecule has 8 heteroatoms. The Labute approximate surface area is 233 Å². The maximum Gasteiger partial charge on any atom is 0.131 e. The minimum Gasteiger partial charge on any atom is -0.385 e. The van der Waals surface area contributed by atoms with E-state index in [4.69, 9.17) is 11.2 Å². The molecule has 0 bridgehead atoms. The molecular weight excluding hydrogens is 486 g/mol. The monoisotopic (exact) mass is 527 g/mol. The fourth-order valence-electron chi connectivity index (χ4n) is 5.71. The van der Waals surface area contributed by atoms with E-state index in [0.717, 1.165) is 87.6 Å². The van der Waals surface area contributed by atoms with Crippen LogP contribution >= 0.6 is 0 Å². The number of ether oxygens (including phenoxy) is 1. The van der Waals surface area contributed by atoms with E-state index in [-0.39, 0.29) is 5.92 Å². The summed E-state index contributed by atoms with van der Waals surface area (Å²) >= 11 is 0. The summed E-state index contributed by atoms with van der Waals surface area (Å²) in [5, 5.41) is 26.5. The molecule has 8 nitrogen and oxygen atoms in total. The first kappa shape index (κ1) is 28.3. The van der Waals surface area contributed by atoms with Crippen LogP contribution in [0.25, 0.3) is 0 Å². The molecule has 206 valence electrons. The first-order chi connectivity index (χ1) is 19.0. The van der Waals surface area contributed by atoms with Crippen molar-refractivity contribution in [1.82, 2.24) is 20.4 Å². The molecule has 4 rings (SSSR count). The average molecular weight is 528 g/mol. The molecule has 4 aliphatic rings. The molecule has 1 saturated heterocycles. The number of terminal acetylenes is 1. The van der Waals surface area contributed by atoms with E-state index >= 15 is 0 Å². The lowest BCUT2D eigenvalue weighted by Crippen LogP contribution is -2.46. The van der Waals surface area contributed by atoms with E-state index in [2.05, 4.69) is 44.0 Å². The van der Waals surface area contributed by atoms with Gasteiger partial charge in [-0.3, -0.25) is 10.4 Å². The zero-order valence-corrected chi connectivity index (χ0v) is 23.4. The normalized spacial score (nSPS) is 22.7. The van der Waals surface area contributed by atoms with Gasteiger partial charge in [0.2, 0.25) is 0 Å².